The van der Waals surface area contributed by atoms with Gasteiger partial charge < -0.3 is 4.74 Å². The van der Waals surface area contributed by atoms with Crippen LogP contribution in [0.25, 0.3) is 0 Å². The summed E-state index contributed by atoms with van der Waals surface area (Å²) in [6.07, 6.45) is 6.09. The molecule has 1 aliphatic rings. The second-order valence-corrected chi connectivity index (χ2v) is 8.86. The molecule has 0 spiro atoms. The predicted octanol–water partition coefficient (Wildman–Crippen LogP) is 4.57. The minimum Gasteiger partial charge on any atom is -0.496 e. The van der Waals surface area contributed by atoms with Gasteiger partial charge in [0.25, 0.3) is 0 Å². The molecule has 0 saturated heterocycles. The number of benzene rings is 2. The first kappa shape index (κ1) is 19.9. The van der Waals surface area contributed by atoms with E-state index >= 15 is 0 Å². The summed E-state index contributed by atoms with van der Waals surface area (Å²) in [6, 6.07) is 11.3. The van der Waals surface area contributed by atoms with E-state index in [1.54, 1.807) is 25.3 Å². The van der Waals surface area contributed by atoms with E-state index < -0.39 is 10.0 Å². The van der Waals surface area contributed by atoms with Crippen molar-refractivity contribution in [1.82, 2.24) is 4.72 Å². The van der Waals surface area contributed by atoms with Gasteiger partial charge in [-0.1, -0.05) is 32.0 Å². The first-order chi connectivity index (χ1) is 13.0. The summed E-state index contributed by atoms with van der Waals surface area (Å²) < 4.78 is 34.2. The van der Waals surface area contributed by atoms with Gasteiger partial charge in [-0.15, -0.1) is 0 Å². The predicted molar refractivity (Wildman–Crippen MR) is 109 cm³/mol. The number of hydrogen-bond acceptors (Lipinski definition) is 3. The number of ether oxygens (including phenoxy) is 1. The molecular formula is C22H29NO3S. The minimum absolute atomic E-state index is 0.227. The van der Waals surface area contributed by atoms with Crippen LogP contribution in [-0.4, -0.2) is 15.5 Å². The van der Waals surface area contributed by atoms with Crippen molar-refractivity contribution in [3.8, 4) is 5.75 Å². The van der Waals surface area contributed by atoms with Crippen LogP contribution in [-0.2, 0) is 29.3 Å². The molecule has 3 rings (SSSR count). The molecule has 0 aromatic heterocycles. The Hall–Kier alpha value is -1.85. The number of fused-ring (bicyclic) bond motifs is 1. The van der Waals surface area contributed by atoms with Gasteiger partial charge in [-0.05, 0) is 79.0 Å². The second kappa shape index (κ2) is 8.44. The highest BCUT2D eigenvalue weighted by atomic mass is 32.2. The topological polar surface area (TPSA) is 55.4 Å². The molecule has 0 fully saturated rings. The fourth-order valence-corrected chi connectivity index (χ4v) is 5.17. The summed E-state index contributed by atoms with van der Waals surface area (Å²) in [4.78, 5) is 0.288. The molecule has 4 nitrogen and oxygen atoms in total. The van der Waals surface area contributed by atoms with E-state index in [0.29, 0.717) is 12.8 Å². The zero-order valence-corrected chi connectivity index (χ0v) is 17.2. The number of rotatable bonds is 7. The quantitative estimate of drug-likeness (QED) is 0.757. The monoisotopic (exact) mass is 387 g/mol. The average molecular weight is 388 g/mol. The van der Waals surface area contributed by atoms with E-state index in [0.717, 1.165) is 29.7 Å². The SMILES string of the molecule is CCc1cc(S(=O)(=O)NC(CC)c2ccc3c(c2)CCCC3)ccc1OC. The van der Waals surface area contributed by atoms with Crippen molar-refractivity contribution in [1.29, 1.82) is 0 Å². The molecule has 0 bridgehead atoms. The molecule has 0 heterocycles. The lowest BCUT2D eigenvalue weighted by atomic mass is 9.89. The molecule has 0 saturated carbocycles. The van der Waals surface area contributed by atoms with Crippen molar-refractivity contribution in [2.75, 3.05) is 7.11 Å². The maximum absolute atomic E-state index is 13.0. The third-order valence-electron chi connectivity index (χ3n) is 5.42. The van der Waals surface area contributed by atoms with E-state index in [1.807, 2.05) is 13.8 Å². The van der Waals surface area contributed by atoms with Crippen LogP contribution in [0, 0.1) is 0 Å². The maximum Gasteiger partial charge on any atom is 0.241 e. The van der Waals surface area contributed by atoms with Crippen molar-refractivity contribution in [2.45, 2.75) is 63.3 Å². The molecule has 0 amide bonds. The van der Waals surface area contributed by atoms with Crippen molar-refractivity contribution in [3.05, 3.63) is 58.7 Å². The molecule has 1 unspecified atom stereocenters. The van der Waals surface area contributed by atoms with Crippen molar-refractivity contribution in [3.63, 3.8) is 0 Å². The van der Waals surface area contributed by atoms with Crippen molar-refractivity contribution in [2.24, 2.45) is 0 Å². The van der Waals surface area contributed by atoms with Crippen LogP contribution in [0.2, 0.25) is 0 Å². The molecule has 2 aromatic rings. The number of hydrogen-bond donors (Lipinski definition) is 1. The third-order valence-corrected chi connectivity index (χ3v) is 6.89. The molecule has 1 aliphatic carbocycles. The Morgan fingerprint density at radius 2 is 1.78 bits per heavy atom. The molecule has 0 aliphatic heterocycles. The summed E-state index contributed by atoms with van der Waals surface area (Å²) in [5.74, 6) is 0.721. The molecule has 2 aromatic carbocycles. The zero-order chi connectivity index (χ0) is 19.4. The van der Waals surface area contributed by atoms with Crippen molar-refractivity contribution >= 4 is 10.0 Å². The number of methoxy groups -OCH3 is 1. The highest BCUT2D eigenvalue weighted by Crippen LogP contribution is 2.28. The lowest BCUT2D eigenvalue weighted by Gasteiger charge is -2.22. The third kappa shape index (κ3) is 4.36. The summed E-state index contributed by atoms with van der Waals surface area (Å²) in [6.45, 7) is 4.00. The van der Waals surface area contributed by atoms with E-state index in [1.165, 1.54) is 24.0 Å². The molecule has 146 valence electrons. The largest absolute Gasteiger partial charge is 0.496 e. The van der Waals surface area contributed by atoms with Crippen LogP contribution in [0.3, 0.4) is 0 Å². The molecular weight excluding hydrogens is 358 g/mol. The fraction of sp³-hybridized carbons (Fsp3) is 0.455. The Morgan fingerprint density at radius 1 is 1.04 bits per heavy atom. The molecule has 5 heteroatoms. The van der Waals surface area contributed by atoms with E-state index in [2.05, 4.69) is 22.9 Å². The van der Waals surface area contributed by atoms with Gasteiger partial charge in [-0.3, -0.25) is 0 Å². The first-order valence-electron chi connectivity index (χ1n) is 9.79. The fourth-order valence-electron chi connectivity index (χ4n) is 3.81. The molecule has 27 heavy (non-hydrogen) atoms. The van der Waals surface area contributed by atoms with Gasteiger partial charge >= 0.3 is 0 Å². The van der Waals surface area contributed by atoms with Crippen molar-refractivity contribution < 1.29 is 13.2 Å². The number of aryl methyl sites for hydroxylation is 3. The van der Waals surface area contributed by atoms with Gasteiger partial charge in [0.15, 0.2) is 0 Å². The lowest BCUT2D eigenvalue weighted by molar-refractivity contribution is 0.409. The Morgan fingerprint density at radius 3 is 2.44 bits per heavy atom. The number of sulfonamides is 1. The summed E-state index contributed by atoms with van der Waals surface area (Å²) in [7, 11) is -2.00. The summed E-state index contributed by atoms with van der Waals surface area (Å²) in [5.41, 5.74) is 4.72. The molecule has 1 atom stereocenters. The van der Waals surface area contributed by atoms with Gasteiger partial charge in [0.2, 0.25) is 10.0 Å². The van der Waals surface area contributed by atoms with E-state index in [4.69, 9.17) is 4.74 Å². The summed E-state index contributed by atoms with van der Waals surface area (Å²) >= 11 is 0. The zero-order valence-electron chi connectivity index (χ0n) is 16.4. The van der Waals surface area contributed by atoms with Crippen LogP contribution >= 0.6 is 0 Å². The van der Waals surface area contributed by atoms with Gasteiger partial charge in [0.05, 0.1) is 12.0 Å². The standard InChI is InChI=1S/C22H29NO3S/c1-4-16-15-20(12-13-22(16)26-3)27(24,25)23-21(5-2)19-11-10-17-8-6-7-9-18(17)14-19/h10-15,21,23H,4-9H2,1-3H3. The average Bonchev–Trinajstić information content (AvgIpc) is 2.71. The Labute approximate surface area is 163 Å². The van der Waals surface area contributed by atoms with Gasteiger partial charge in [0.1, 0.15) is 5.75 Å². The smallest absolute Gasteiger partial charge is 0.241 e. The lowest BCUT2D eigenvalue weighted by Crippen LogP contribution is -2.28. The van der Waals surface area contributed by atoms with Crippen LogP contribution in [0.15, 0.2) is 41.3 Å². The van der Waals surface area contributed by atoms with E-state index in [-0.39, 0.29) is 10.9 Å². The van der Waals surface area contributed by atoms with Gasteiger partial charge in [-0.25, -0.2) is 13.1 Å². The Kier molecular flexibility index (Phi) is 6.22. The second-order valence-electron chi connectivity index (χ2n) is 7.14. The summed E-state index contributed by atoms with van der Waals surface area (Å²) in [5, 5.41) is 0. The minimum atomic E-state index is -3.60. The molecule has 1 N–H and O–H groups in total. The van der Waals surface area contributed by atoms with Crippen LogP contribution in [0.5, 0.6) is 5.75 Å². The van der Waals surface area contributed by atoms with Crippen LogP contribution in [0.1, 0.15) is 61.4 Å². The highest BCUT2D eigenvalue weighted by molar-refractivity contribution is 7.89. The molecule has 0 radical (unpaired) electrons. The van der Waals surface area contributed by atoms with Crippen LogP contribution in [0.4, 0.5) is 0 Å². The number of nitrogens with one attached hydrogen (secondary N) is 1. The maximum atomic E-state index is 13.0. The first-order valence-corrected chi connectivity index (χ1v) is 11.3. The highest BCUT2D eigenvalue weighted by Gasteiger charge is 2.22. The Bertz CT molecular complexity index is 906. The normalized spacial score (nSPS) is 15.2. The van der Waals surface area contributed by atoms with Gasteiger partial charge in [0, 0.05) is 6.04 Å². The Balaban J connectivity index is 1.87. The van der Waals surface area contributed by atoms with Crippen LogP contribution < -0.4 is 9.46 Å². The van der Waals surface area contributed by atoms with E-state index in [9.17, 15) is 8.42 Å². The van der Waals surface area contributed by atoms with Gasteiger partial charge in [-0.2, -0.15) is 0 Å².